The third-order valence-electron chi connectivity index (χ3n) is 3.70. The fourth-order valence-electron chi connectivity index (χ4n) is 2.48. The quantitative estimate of drug-likeness (QED) is 0.666. The number of benzene rings is 2. The molecule has 7 heteroatoms. The summed E-state index contributed by atoms with van der Waals surface area (Å²) in [5.41, 5.74) is 0.574. The summed E-state index contributed by atoms with van der Waals surface area (Å²) >= 11 is 1.49. The first-order valence-corrected chi connectivity index (χ1v) is 8.68. The third-order valence-corrected chi connectivity index (χ3v) is 4.64. The van der Waals surface area contributed by atoms with Crippen LogP contribution < -0.4 is 10.6 Å². The van der Waals surface area contributed by atoms with E-state index in [1.807, 2.05) is 17.5 Å². The van der Waals surface area contributed by atoms with E-state index < -0.39 is 17.5 Å². The summed E-state index contributed by atoms with van der Waals surface area (Å²) in [6.45, 7) is -0.129. The molecule has 0 saturated heterocycles. The number of halogens is 3. The van der Waals surface area contributed by atoms with Crippen molar-refractivity contribution in [2.45, 2.75) is 6.04 Å². The van der Waals surface area contributed by atoms with Crippen molar-refractivity contribution >= 4 is 22.9 Å². The summed E-state index contributed by atoms with van der Waals surface area (Å²) < 4.78 is 40.0. The first-order valence-electron chi connectivity index (χ1n) is 7.80. The number of carbonyl (C=O) groups is 1. The van der Waals surface area contributed by atoms with Crippen LogP contribution in [-0.4, -0.2) is 12.5 Å². The predicted octanol–water partition coefficient (Wildman–Crippen LogP) is 4.48. The number of thiophene rings is 1. The smallest absolute Gasteiger partial charge is 0.238 e. The van der Waals surface area contributed by atoms with Crippen molar-refractivity contribution in [3.8, 4) is 0 Å². The van der Waals surface area contributed by atoms with E-state index in [1.54, 1.807) is 12.1 Å². The minimum absolute atomic E-state index is 0.129. The molecule has 2 N–H and O–H groups in total. The number of nitrogens with one attached hydrogen (secondary N) is 2. The van der Waals surface area contributed by atoms with E-state index in [1.165, 1.54) is 23.5 Å². The number of anilines is 1. The van der Waals surface area contributed by atoms with Crippen molar-refractivity contribution in [3.63, 3.8) is 0 Å². The van der Waals surface area contributed by atoms with Gasteiger partial charge in [0.1, 0.15) is 17.5 Å². The summed E-state index contributed by atoms with van der Waals surface area (Å²) in [5, 5.41) is 7.31. The molecule has 1 amide bonds. The van der Waals surface area contributed by atoms with Gasteiger partial charge in [-0.2, -0.15) is 0 Å². The molecule has 26 heavy (non-hydrogen) atoms. The molecule has 0 saturated carbocycles. The molecule has 1 unspecified atom stereocenters. The van der Waals surface area contributed by atoms with E-state index >= 15 is 0 Å². The van der Waals surface area contributed by atoms with Gasteiger partial charge in [-0.05, 0) is 41.3 Å². The molecule has 0 fully saturated rings. The van der Waals surface area contributed by atoms with Gasteiger partial charge in [-0.3, -0.25) is 10.1 Å². The van der Waals surface area contributed by atoms with Crippen molar-refractivity contribution < 1.29 is 18.0 Å². The summed E-state index contributed by atoms with van der Waals surface area (Å²) in [6, 6.07) is 12.3. The van der Waals surface area contributed by atoms with E-state index in [0.717, 1.165) is 28.6 Å². The van der Waals surface area contributed by atoms with Gasteiger partial charge in [-0.1, -0.05) is 18.2 Å². The maximum atomic E-state index is 13.6. The second-order valence-electron chi connectivity index (χ2n) is 5.55. The number of hydrogen-bond acceptors (Lipinski definition) is 3. The molecule has 0 spiro atoms. The maximum Gasteiger partial charge on any atom is 0.238 e. The van der Waals surface area contributed by atoms with Crippen molar-refractivity contribution in [2.24, 2.45) is 0 Å². The zero-order valence-corrected chi connectivity index (χ0v) is 14.3. The first kappa shape index (κ1) is 18.2. The zero-order valence-electron chi connectivity index (χ0n) is 13.5. The Morgan fingerprint density at radius 2 is 1.73 bits per heavy atom. The lowest BCUT2D eigenvalue weighted by Gasteiger charge is -2.18. The van der Waals surface area contributed by atoms with E-state index in [-0.39, 0.29) is 24.1 Å². The van der Waals surface area contributed by atoms with Gasteiger partial charge in [-0.25, -0.2) is 13.2 Å². The highest BCUT2D eigenvalue weighted by Crippen LogP contribution is 2.26. The topological polar surface area (TPSA) is 41.1 Å². The second kappa shape index (κ2) is 8.16. The molecule has 0 radical (unpaired) electrons. The summed E-state index contributed by atoms with van der Waals surface area (Å²) in [7, 11) is 0. The normalized spacial score (nSPS) is 12.0. The molecule has 134 valence electrons. The largest absolute Gasteiger partial charge is 0.322 e. The van der Waals surface area contributed by atoms with Gasteiger partial charge in [0.2, 0.25) is 5.91 Å². The average molecular weight is 376 g/mol. The van der Waals surface area contributed by atoms with Gasteiger partial charge in [0.15, 0.2) is 0 Å². The molecule has 2 aromatic carbocycles. The van der Waals surface area contributed by atoms with E-state index in [9.17, 15) is 18.0 Å². The van der Waals surface area contributed by atoms with Crippen LogP contribution in [0.1, 0.15) is 16.5 Å². The highest BCUT2D eigenvalue weighted by atomic mass is 32.1. The molecule has 3 rings (SSSR count). The highest BCUT2D eigenvalue weighted by Gasteiger charge is 2.17. The third kappa shape index (κ3) is 4.50. The van der Waals surface area contributed by atoms with Crippen LogP contribution in [0.4, 0.5) is 18.9 Å². The van der Waals surface area contributed by atoms with Gasteiger partial charge in [0.25, 0.3) is 0 Å². The SMILES string of the molecule is O=C(CNC(c1ccc(F)cc1)c1cccs1)Nc1cc(F)ccc1F. The Balaban J connectivity index is 1.70. The molecule has 0 aliphatic carbocycles. The summed E-state index contributed by atoms with van der Waals surface area (Å²) in [6.07, 6.45) is 0. The van der Waals surface area contributed by atoms with E-state index in [4.69, 9.17) is 0 Å². The van der Waals surface area contributed by atoms with Gasteiger partial charge >= 0.3 is 0 Å². The molecule has 0 bridgehead atoms. The predicted molar refractivity (Wildman–Crippen MR) is 95.6 cm³/mol. The number of amides is 1. The zero-order chi connectivity index (χ0) is 18.5. The van der Waals surface area contributed by atoms with Crippen LogP contribution >= 0.6 is 11.3 Å². The standard InChI is InChI=1S/C19H15F3N2OS/c20-13-5-3-12(4-6-13)19(17-2-1-9-26-17)23-11-18(25)24-16-10-14(21)7-8-15(16)22/h1-10,19,23H,11H2,(H,24,25). The maximum absolute atomic E-state index is 13.6. The van der Waals surface area contributed by atoms with Crippen LogP contribution in [0, 0.1) is 17.5 Å². The Morgan fingerprint density at radius 1 is 1.00 bits per heavy atom. The fraction of sp³-hybridized carbons (Fsp3) is 0.105. The summed E-state index contributed by atoms with van der Waals surface area (Å²) in [4.78, 5) is 13.1. The summed E-state index contributed by atoms with van der Waals surface area (Å²) in [5.74, 6) is -2.22. The van der Waals surface area contributed by atoms with Crippen molar-refractivity contribution in [1.82, 2.24) is 5.32 Å². The second-order valence-corrected chi connectivity index (χ2v) is 6.53. The number of carbonyl (C=O) groups excluding carboxylic acids is 1. The Hall–Kier alpha value is -2.64. The van der Waals surface area contributed by atoms with Gasteiger partial charge < -0.3 is 5.32 Å². The van der Waals surface area contributed by atoms with Gasteiger partial charge in [-0.15, -0.1) is 11.3 Å². The molecule has 0 aliphatic heterocycles. The fourth-order valence-corrected chi connectivity index (χ4v) is 3.30. The van der Waals surface area contributed by atoms with Crippen LogP contribution in [0.3, 0.4) is 0 Å². The minimum atomic E-state index is -0.715. The lowest BCUT2D eigenvalue weighted by atomic mass is 10.1. The lowest BCUT2D eigenvalue weighted by Crippen LogP contribution is -2.31. The van der Waals surface area contributed by atoms with Crippen molar-refractivity contribution in [1.29, 1.82) is 0 Å². The van der Waals surface area contributed by atoms with E-state index in [0.29, 0.717) is 0 Å². The monoisotopic (exact) mass is 376 g/mol. The van der Waals surface area contributed by atoms with E-state index in [2.05, 4.69) is 10.6 Å². The molecule has 1 atom stereocenters. The Morgan fingerprint density at radius 3 is 2.42 bits per heavy atom. The highest BCUT2D eigenvalue weighted by molar-refractivity contribution is 7.10. The minimum Gasteiger partial charge on any atom is -0.322 e. The Bertz CT molecular complexity index is 882. The molecule has 1 aromatic heterocycles. The van der Waals surface area contributed by atoms with Crippen molar-refractivity contribution in [2.75, 3.05) is 11.9 Å². The van der Waals surface area contributed by atoms with Crippen LogP contribution in [-0.2, 0) is 4.79 Å². The van der Waals surface area contributed by atoms with Crippen LogP contribution in [0.25, 0.3) is 0 Å². The van der Waals surface area contributed by atoms with Crippen LogP contribution in [0.5, 0.6) is 0 Å². The number of rotatable bonds is 6. The van der Waals surface area contributed by atoms with Gasteiger partial charge in [0.05, 0.1) is 18.3 Å². The van der Waals surface area contributed by atoms with Crippen molar-refractivity contribution in [3.05, 3.63) is 87.9 Å². The van der Waals surface area contributed by atoms with Gasteiger partial charge in [0, 0.05) is 10.9 Å². The molecular weight excluding hydrogens is 361 g/mol. The Kier molecular flexibility index (Phi) is 5.70. The first-order chi connectivity index (χ1) is 12.5. The molecule has 0 aliphatic rings. The lowest BCUT2D eigenvalue weighted by molar-refractivity contribution is -0.115. The molecule has 1 heterocycles. The Labute approximate surface area is 152 Å². The molecule has 3 aromatic rings. The molecular formula is C19H15F3N2OS. The molecule has 3 nitrogen and oxygen atoms in total. The van der Waals surface area contributed by atoms with Crippen LogP contribution in [0.15, 0.2) is 60.0 Å². The van der Waals surface area contributed by atoms with Crippen LogP contribution in [0.2, 0.25) is 0 Å². The number of hydrogen-bond donors (Lipinski definition) is 2. The average Bonchev–Trinajstić information content (AvgIpc) is 3.14.